The molecule has 0 bridgehead atoms. The van der Waals surface area contributed by atoms with E-state index in [9.17, 15) is 8.78 Å². The van der Waals surface area contributed by atoms with Gasteiger partial charge in [0, 0.05) is 11.1 Å². The smallest absolute Gasteiger partial charge is 0.264 e. The highest BCUT2D eigenvalue weighted by atomic mass is 19.3. The molecule has 28 heavy (non-hydrogen) atoms. The van der Waals surface area contributed by atoms with E-state index < -0.39 is 6.43 Å². The topological polar surface area (TPSA) is 39.9 Å². The summed E-state index contributed by atoms with van der Waals surface area (Å²) in [4.78, 5) is 4.70. The Morgan fingerprint density at radius 3 is 2.46 bits per heavy atom. The Morgan fingerprint density at radius 1 is 1.04 bits per heavy atom. The van der Waals surface area contributed by atoms with Crippen molar-refractivity contribution in [2.24, 2.45) is 0 Å². The summed E-state index contributed by atoms with van der Waals surface area (Å²) in [6.07, 6.45) is -2.63. The average Bonchev–Trinajstić information content (AvgIpc) is 3.03. The highest BCUT2D eigenvalue weighted by molar-refractivity contribution is 5.86. The summed E-state index contributed by atoms with van der Waals surface area (Å²) in [6.45, 7) is 2.19. The SMILES string of the molecule is COc1ccccc1-c1cc(C(F)F)c2c(C)nn(Cc3ccccc3)c2n1. The molecule has 0 radical (unpaired) electrons. The van der Waals surface area contributed by atoms with Crippen LogP contribution in [0.4, 0.5) is 8.78 Å². The maximum absolute atomic E-state index is 13.9. The van der Waals surface area contributed by atoms with Crippen LogP contribution in [-0.2, 0) is 6.54 Å². The number of hydrogen-bond donors (Lipinski definition) is 0. The highest BCUT2D eigenvalue weighted by Gasteiger charge is 2.22. The molecule has 2 aromatic heterocycles. The summed E-state index contributed by atoms with van der Waals surface area (Å²) < 4.78 is 34.9. The number of rotatable bonds is 5. The van der Waals surface area contributed by atoms with Crippen molar-refractivity contribution in [2.45, 2.75) is 19.9 Å². The van der Waals surface area contributed by atoms with E-state index in [2.05, 4.69) is 5.10 Å². The number of methoxy groups -OCH3 is 1. The Kier molecular flexibility index (Phi) is 4.77. The summed E-state index contributed by atoms with van der Waals surface area (Å²) in [7, 11) is 1.55. The molecular weight excluding hydrogens is 360 g/mol. The Balaban J connectivity index is 1.95. The number of ether oxygens (including phenoxy) is 1. The molecule has 2 aromatic carbocycles. The van der Waals surface area contributed by atoms with Crippen LogP contribution in [0.2, 0.25) is 0 Å². The van der Waals surface area contributed by atoms with Gasteiger partial charge in [-0.25, -0.2) is 18.4 Å². The number of aromatic nitrogens is 3. The first-order valence-corrected chi connectivity index (χ1v) is 8.92. The van der Waals surface area contributed by atoms with E-state index in [0.717, 1.165) is 5.56 Å². The number of aryl methyl sites for hydroxylation is 1. The molecule has 0 fully saturated rings. The van der Waals surface area contributed by atoms with Gasteiger partial charge in [0.2, 0.25) is 0 Å². The second-order valence-corrected chi connectivity index (χ2v) is 6.52. The van der Waals surface area contributed by atoms with E-state index in [1.165, 1.54) is 6.07 Å². The molecule has 0 aliphatic heterocycles. The molecule has 0 atom stereocenters. The van der Waals surface area contributed by atoms with Gasteiger partial charge in [0.1, 0.15) is 5.75 Å². The molecule has 0 N–H and O–H groups in total. The van der Waals surface area contributed by atoms with Crippen LogP contribution < -0.4 is 4.74 Å². The van der Waals surface area contributed by atoms with E-state index in [1.807, 2.05) is 48.5 Å². The fourth-order valence-corrected chi connectivity index (χ4v) is 3.42. The quantitative estimate of drug-likeness (QED) is 0.466. The van der Waals surface area contributed by atoms with Gasteiger partial charge >= 0.3 is 0 Å². The predicted octanol–water partition coefficient (Wildman–Crippen LogP) is 5.40. The first-order chi connectivity index (χ1) is 13.6. The summed E-state index contributed by atoms with van der Waals surface area (Å²) in [5.41, 5.74) is 3.05. The van der Waals surface area contributed by atoms with Gasteiger partial charge in [-0.3, -0.25) is 0 Å². The zero-order valence-electron chi connectivity index (χ0n) is 15.6. The number of nitrogens with zero attached hydrogens (tertiary/aromatic N) is 3. The molecule has 0 saturated heterocycles. The van der Waals surface area contributed by atoms with Gasteiger partial charge in [-0.1, -0.05) is 42.5 Å². The third-order valence-corrected chi connectivity index (χ3v) is 4.70. The summed E-state index contributed by atoms with van der Waals surface area (Å²) >= 11 is 0. The standard InChI is InChI=1S/C22H19F2N3O/c1-14-20-17(21(23)24)12-18(16-10-6-7-11-19(16)28-2)25-22(20)27(26-14)13-15-8-4-3-5-9-15/h3-12,21H,13H2,1-2H3. The van der Waals surface area contributed by atoms with Crippen molar-refractivity contribution in [1.29, 1.82) is 0 Å². The van der Waals surface area contributed by atoms with Gasteiger partial charge in [0.25, 0.3) is 6.43 Å². The first-order valence-electron chi connectivity index (χ1n) is 8.92. The monoisotopic (exact) mass is 379 g/mol. The predicted molar refractivity (Wildman–Crippen MR) is 105 cm³/mol. The molecule has 0 unspecified atom stereocenters. The lowest BCUT2D eigenvalue weighted by molar-refractivity contribution is 0.153. The van der Waals surface area contributed by atoms with Crippen molar-refractivity contribution in [3.63, 3.8) is 0 Å². The minimum atomic E-state index is -2.63. The van der Waals surface area contributed by atoms with Crippen LogP contribution in [0.1, 0.15) is 23.2 Å². The molecule has 142 valence electrons. The maximum atomic E-state index is 13.9. The Bertz CT molecular complexity index is 1120. The lowest BCUT2D eigenvalue weighted by Crippen LogP contribution is -2.04. The van der Waals surface area contributed by atoms with Crippen molar-refractivity contribution in [1.82, 2.24) is 14.8 Å². The van der Waals surface area contributed by atoms with Crippen LogP contribution in [0.3, 0.4) is 0 Å². The fourth-order valence-electron chi connectivity index (χ4n) is 3.42. The minimum absolute atomic E-state index is 0.0669. The van der Waals surface area contributed by atoms with Crippen molar-refractivity contribution in [3.05, 3.63) is 77.5 Å². The van der Waals surface area contributed by atoms with Crippen LogP contribution in [0.5, 0.6) is 5.75 Å². The van der Waals surface area contributed by atoms with Crippen LogP contribution in [0.25, 0.3) is 22.3 Å². The van der Waals surface area contributed by atoms with Crippen molar-refractivity contribution < 1.29 is 13.5 Å². The normalized spacial score (nSPS) is 11.3. The van der Waals surface area contributed by atoms with Gasteiger partial charge in [-0.05, 0) is 30.7 Å². The number of pyridine rings is 1. The second kappa shape index (κ2) is 7.38. The number of alkyl halides is 2. The Morgan fingerprint density at radius 2 is 1.75 bits per heavy atom. The second-order valence-electron chi connectivity index (χ2n) is 6.52. The number of halogens is 2. The zero-order valence-corrected chi connectivity index (χ0v) is 15.6. The van der Waals surface area contributed by atoms with Gasteiger partial charge in [-0.2, -0.15) is 5.10 Å². The highest BCUT2D eigenvalue weighted by Crippen LogP contribution is 2.36. The van der Waals surface area contributed by atoms with Gasteiger partial charge < -0.3 is 4.74 Å². The van der Waals surface area contributed by atoms with E-state index >= 15 is 0 Å². The van der Waals surface area contributed by atoms with Crippen molar-refractivity contribution >= 4 is 11.0 Å². The average molecular weight is 379 g/mol. The number of para-hydroxylation sites is 1. The van der Waals surface area contributed by atoms with E-state index in [0.29, 0.717) is 40.3 Å². The zero-order chi connectivity index (χ0) is 19.7. The third kappa shape index (κ3) is 3.22. The third-order valence-electron chi connectivity index (χ3n) is 4.70. The van der Waals surface area contributed by atoms with Crippen LogP contribution >= 0.6 is 0 Å². The Hall–Kier alpha value is -3.28. The molecule has 0 aliphatic rings. The van der Waals surface area contributed by atoms with Crippen LogP contribution in [0, 0.1) is 6.92 Å². The first kappa shape index (κ1) is 18.1. The molecule has 0 saturated carbocycles. The molecule has 4 rings (SSSR count). The molecule has 0 spiro atoms. The minimum Gasteiger partial charge on any atom is -0.496 e. The molecular formula is C22H19F2N3O. The summed E-state index contributed by atoms with van der Waals surface area (Å²) in [5.74, 6) is 0.584. The fraction of sp³-hybridized carbons (Fsp3) is 0.182. The van der Waals surface area contributed by atoms with E-state index in [-0.39, 0.29) is 5.56 Å². The molecule has 4 aromatic rings. The van der Waals surface area contributed by atoms with Crippen molar-refractivity contribution in [3.8, 4) is 17.0 Å². The number of benzene rings is 2. The van der Waals surface area contributed by atoms with E-state index in [4.69, 9.17) is 9.72 Å². The molecule has 0 amide bonds. The van der Waals surface area contributed by atoms with Gasteiger partial charge in [0.15, 0.2) is 5.65 Å². The Labute approximate surface area is 161 Å². The molecule has 4 nitrogen and oxygen atoms in total. The van der Waals surface area contributed by atoms with Gasteiger partial charge in [0.05, 0.1) is 30.4 Å². The lowest BCUT2D eigenvalue weighted by atomic mass is 10.0. The van der Waals surface area contributed by atoms with E-state index in [1.54, 1.807) is 24.8 Å². The largest absolute Gasteiger partial charge is 0.496 e. The molecule has 0 aliphatic carbocycles. The summed E-state index contributed by atoms with van der Waals surface area (Å²) in [6, 6.07) is 18.5. The molecule has 2 heterocycles. The van der Waals surface area contributed by atoms with Crippen LogP contribution in [0.15, 0.2) is 60.7 Å². The molecule has 6 heteroatoms. The van der Waals surface area contributed by atoms with Crippen LogP contribution in [-0.4, -0.2) is 21.9 Å². The lowest BCUT2D eigenvalue weighted by Gasteiger charge is -2.11. The van der Waals surface area contributed by atoms with Crippen molar-refractivity contribution in [2.75, 3.05) is 7.11 Å². The summed E-state index contributed by atoms with van der Waals surface area (Å²) in [5, 5.41) is 4.90. The van der Waals surface area contributed by atoms with Gasteiger partial charge in [-0.15, -0.1) is 0 Å². The maximum Gasteiger partial charge on any atom is 0.264 e. The number of hydrogen-bond acceptors (Lipinski definition) is 3. The number of fused-ring (bicyclic) bond motifs is 1.